The van der Waals surface area contributed by atoms with Gasteiger partial charge in [-0.3, -0.25) is 14.4 Å². The molecule has 2 aliphatic rings. The third kappa shape index (κ3) is 3.93. The number of hydrogen-bond donors (Lipinski definition) is 3. The Bertz CT molecular complexity index is 395. The number of carbonyl (C=O) groups is 3. The first-order chi connectivity index (χ1) is 9.61. The molecule has 7 heteroatoms. The van der Waals surface area contributed by atoms with E-state index < -0.39 is 6.04 Å². The highest BCUT2D eigenvalue weighted by Gasteiger charge is 2.33. The van der Waals surface area contributed by atoms with Crippen molar-refractivity contribution in [2.75, 3.05) is 19.6 Å². The summed E-state index contributed by atoms with van der Waals surface area (Å²) in [7, 11) is 0. The summed E-state index contributed by atoms with van der Waals surface area (Å²) in [6.07, 6.45) is 3.85. The molecular weight excluding hydrogens is 260 g/mol. The number of rotatable bonds is 6. The Morgan fingerprint density at radius 3 is 2.60 bits per heavy atom. The average Bonchev–Trinajstić information content (AvgIpc) is 3.09. The predicted octanol–water partition coefficient (Wildman–Crippen LogP) is -1.28. The first-order valence-corrected chi connectivity index (χ1v) is 7.18. The Morgan fingerprint density at radius 1 is 1.20 bits per heavy atom. The summed E-state index contributed by atoms with van der Waals surface area (Å²) in [6.45, 7) is 0.808. The van der Waals surface area contributed by atoms with Gasteiger partial charge in [0.1, 0.15) is 6.04 Å². The van der Waals surface area contributed by atoms with Crippen molar-refractivity contribution in [3.63, 3.8) is 0 Å². The van der Waals surface area contributed by atoms with Crippen molar-refractivity contribution in [1.29, 1.82) is 0 Å². The highest BCUT2D eigenvalue weighted by atomic mass is 16.2. The lowest BCUT2D eigenvalue weighted by molar-refractivity contribution is -0.137. The third-order valence-corrected chi connectivity index (χ3v) is 3.64. The molecule has 0 aromatic carbocycles. The third-order valence-electron chi connectivity index (χ3n) is 3.64. The first kappa shape index (κ1) is 14.8. The van der Waals surface area contributed by atoms with E-state index >= 15 is 0 Å². The number of likely N-dealkylation sites (tertiary alicyclic amines) is 1. The standard InChI is InChI=1S/C13H22N4O3/c14-8-12(19)17-7-1-2-10(17)13(20)15-6-5-11(18)16-9-3-4-9/h9-10H,1-8,14H2,(H,15,20)(H,16,18)/t10-/m0/s1. The monoisotopic (exact) mass is 282 g/mol. The number of nitrogens with zero attached hydrogens (tertiary/aromatic N) is 1. The second-order valence-electron chi connectivity index (χ2n) is 5.33. The molecule has 0 aromatic heterocycles. The molecule has 4 N–H and O–H groups in total. The summed E-state index contributed by atoms with van der Waals surface area (Å²) >= 11 is 0. The first-order valence-electron chi connectivity index (χ1n) is 7.18. The van der Waals surface area contributed by atoms with Crippen LogP contribution < -0.4 is 16.4 Å². The van der Waals surface area contributed by atoms with Gasteiger partial charge in [-0.05, 0) is 25.7 Å². The van der Waals surface area contributed by atoms with Gasteiger partial charge in [0.2, 0.25) is 17.7 Å². The van der Waals surface area contributed by atoms with Crippen LogP contribution in [0.2, 0.25) is 0 Å². The van der Waals surface area contributed by atoms with Gasteiger partial charge in [0.25, 0.3) is 0 Å². The predicted molar refractivity (Wildman–Crippen MR) is 72.6 cm³/mol. The van der Waals surface area contributed by atoms with Crippen molar-refractivity contribution in [3.8, 4) is 0 Å². The number of nitrogens with two attached hydrogens (primary N) is 1. The highest BCUT2D eigenvalue weighted by molar-refractivity contribution is 5.89. The van der Waals surface area contributed by atoms with Crippen LogP contribution in [0.5, 0.6) is 0 Å². The van der Waals surface area contributed by atoms with Gasteiger partial charge in [-0.1, -0.05) is 0 Å². The average molecular weight is 282 g/mol. The molecule has 1 aliphatic carbocycles. The highest BCUT2D eigenvalue weighted by Crippen LogP contribution is 2.18. The van der Waals surface area contributed by atoms with Crippen LogP contribution in [0.15, 0.2) is 0 Å². The molecular formula is C13H22N4O3. The largest absolute Gasteiger partial charge is 0.354 e. The maximum Gasteiger partial charge on any atom is 0.242 e. The molecule has 1 aliphatic heterocycles. The van der Waals surface area contributed by atoms with Crippen LogP contribution in [0.4, 0.5) is 0 Å². The second kappa shape index (κ2) is 6.69. The second-order valence-corrected chi connectivity index (χ2v) is 5.33. The lowest BCUT2D eigenvalue weighted by Crippen LogP contribution is -2.48. The minimum Gasteiger partial charge on any atom is -0.354 e. The number of carbonyl (C=O) groups excluding carboxylic acids is 3. The molecule has 0 radical (unpaired) electrons. The maximum atomic E-state index is 12.0. The number of hydrogen-bond acceptors (Lipinski definition) is 4. The summed E-state index contributed by atoms with van der Waals surface area (Å²) < 4.78 is 0. The van der Waals surface area contributed by atoms with E-state index in [0.717, 1.165) is 19.3 Å². The van der Waals surface area contributed by atoms with Gasteiger partial charge in [-0.25, -0.2) is 0 Å². The van der Waals surface area contributed by atoms with Gasteiger partial charge < -0.3 is 21.3 Å². The summed E-state index contributed by atoms with van der Waals surface area (Å²) in [5.74, 6) is -0.424. The fraction of sp³-hybridized carbons (Fsp3) is 0.769. The molecule has 7 nitrogen and oxygen atoms in total. The summed E-state index contributed by atoms with van der Waals surface area (Å²) in [4.78, 5) is 36.6. The molecule has 0 bridgehead atoms. The molecule has 0 unspecified atom stereocenters. The molecule has 0 spiro atoms. The topological polar surface area (TPSA) is 105 Å². The summed E-state index contributed by atoms with van der Waals surface area (Å²) in [5.41, 5.74) is 5.33. The molecule has 1 saturated heterocycles. The molecule has 1 atom stereocenters. The zero-order valence-electron chi connectivity index (χ0n) is 11.6. The minimum absolute atomic E-state index is 0.0332. The van der Waals surface area contributed by atoms with E-state index in [2.05, 4.69) is 10.6 Å². The van der Waals surface area contributed by atoms with Crippen LogP contribution in [0.1, 0.15) is 32.1 Å². The lowest BCUT2D eigenvalue weighted by atomic mass is 10.2. The normalized spacial score (nSPS) is 21.6. The Hall–Kier alpha value is -1.63. The van der Waals surface area contributed by atoms with Crippen molar-refractivity contribution in [2.24, 2.45) is 5.73 Å². The molecule has 112 valence electrons. The lowest BCUT2D eigenvalue weighted by Gasteiger charge is -2.23. The molecule has 3 amide bonds. The van der Waals surface area contributed by atoms with Crippen molar-refractivity contribution in [1.82, 2.24) is 15.5 Å². The van der Waals surface area contributed by atoms with Crippen molar-refractivity contribution in [2.45, 2.75) is 44.2 Å². The van der Waals surface area contributed by atoms with Gasteiger partial charge in [-0.2, -0.15) is 0 Å². The summed E-state index contributed by atoms with van der Waals surface area (Å²) in [6, 6.07) is -0.0942. The Balaban J connectivity index is 1.70. The SMILES string of the molecule is NCC(=O)N1CCC[C@H]1C(=O)NCCC(=O)NC1CC1. The van der Waals surface area contributed by atoms with Gasteiger partial charge in [0, 0.05) is 25.6 Å². The molecule has 1 saturated carbocycles. The van der Waals surface area contributed by atoms with E-state index in [-0.39, 0.29) is 30.7 Å². The minimum atomic E-state index is -0.433. The van der Waals surface area contributed by atoms with Crippen molar-refractivity contribution >= 4 is 17.7 Å². The number of nitrogens with one attached hydrogen (secondary N) is 2. The van der Waals surface area contributed by atoms with Crippen LogP contribution in [0.25, 0.3) is 0 Å². The van der Waals surface area contributed by atoms with E-state index in [4.69, 9.17) is 5.73 Å². The smallest absolute Gasteiger partial charge is 0.242 e. The van der Waals surface area contributed by atoms with Gasteiger partial charge >= 0.3 is 0 Å². The van der Waals surface area contributed by atoms with Crippen LogP contribution >= 0.6 is 0 Å². The van der Waals surface area contributed by atoms with E-state index in [1.807, 2.05) is 0 Å². The van der Waals surface area contributed by atoms with E-state index in [0.29, 0.717) is 25.6 Å². The fourth-order valence-electron chi connectivity index (χ4n) is 2.40. The van der Waals surface area contributed by atoms with Crippen LogP contribution in [-0.4, -0.2) is 54.3 Å². The van der Waals surface area contributed by atoms with E-state index in [1.54, 1.807) is 0 Å². The fourth-order valence-corrected chi connectivity index (χ4v) is 2.40. The Kier molecular flexibility index (Phi) is 4.94. The van der Waals surface area contributed by atoms with Gasteiger partial charge in [0.15, 0.2) is 0 Å². The molecule has 1 heterocycles. The van der Waals surface area contributed by atoms with Crippen LogP contribution in [0, 0.1) is 0 Å². The quantitative estimate of drug-likeness (QED) is 0.564. The van der Waals surface area contributed by atoms with Crippen molar-refractivity contribution < 1.29 is 14.4 Å². The molecule has 2 fully saturated rings. The maximum absolute atomic E-state index is 12.0. The zero-order chi connectivity index (χ0) is 14.5. The van der Waals surface area contributed by atoms with Crippen LogP contribution in [0.3, 0.4) is 0 Å². The Morgan fingerprint density at radius 2 is 1.95 bits per heavy atom. The van der Waals surface area contributed by atoms with E-state index in [1.165, 1.54) is 4.90 Å². The molecule has 2 rings (SSSR count). The van der Waals surface area contributed by atoms with Gasteiger partial charge in [-0.15, -0.1) is 0 Å². The summed E-state index contributed by atoms with van der Waals surface area (Å²) in [5, 5.41) is 5.59. The number of amides is 3. The van der Waals surface area contributed by atoms with Crippen LogP contribution in [-0.2, 0) is 14.4 Å². The zero-order valence-corrected chi connectivity index (χ0v) is 11.6. The molecule has 20 heavy (non-hydrogen) atoms. The van der Waals surface area contributed by atoms with Crippen molar-refractivity contribution in [3.05, 3.63) is 0 Å². The van der Waals surface area contributed by atoms with Gasteiger partial charge in [0.05, 0.1) is 6.54 Å². The molecule has 0 aromatic rings. The van der Waals surface area contributed by atoms with E-state index in [9.17, 15) is 14.4 Å². The Labute approximate surface area is 118 Å².